The van der Waals surface area contributed by atoms with Gasteiger partial charge in [-0.15, -0.1) is 0 Å². The molecule has 1 aromatic carbocycles. The van der Waals surface area contributed by atoms with E-state index >= 15 is 0 Å². The molecular formula is C20H28N2O2. The van der Waals surface area contributed by atoms with Crippen molar-refractivity contribution in [2.24, 2.45) is 0 Å². The van der Waals surface area contributed by atoms with Crippen molar-refractivity contribution in [1.29, 1.82) is 0 Å². The summed E-state index contributed by atoms with van der Waals surface area (Å²) in [6, 6.07) is 10.8. The summed E-state index contributed by atoms with van der Waals surface area (Å²) in [5.74, 6) is 2.34. The van der Waals surface area contributed by atoms with E-state index in [2.05, 4.69) is 62.0 Å². The second kappa shape index (κ2) is 7.39. The second-order valence-electron chi connectivity index (χ2n) is 7.21. The molecule has 0 bridgehead atoms. The van der Waals surface area contributed by atoms with Crippen molar-refractivity contribution in [2.75, 3.05) is 6.54 Å². The molecule has 3 rings (SSSR count). The monoisotopic (exact) mass is 328 g/mol. The molecule has 4 heteroatoms. The lowest BCUT2D eigenvalue weighted by Crippen LogP contribution is -2.23. The van der Waals surface area contributed by atoms with Gasteiger partial charge in [0.25, 0.3) is 0 Å². The molecule has 2 heterocycles. The van der Waals surface area contributed by atoms with Crippen LogP contribution in [0.5, 0.6) is 5.75 Å². The summed E-state index contributed by atoms with van der Waals surface area (Å²) in [5.41, 5.74) is 2.31. The highest BCUT2D eigenvalue weighted by Crippen LogP contribution is 2.35. The largest absolute Gasteiger partial charge is 0.491 e. The normalized spacial score (nSPS) is 18.7. The topological polar surface area (TPSA) is 38.5 Å². The van der Waals surface area contributed by atoms with E-state index in [1.54, 1.807) is 0 Å². The zero-order valence-electron chi connectivity index (χ0n) is 15.2. The van der Waals surface area contributed by atoms with Gasteiger partial charge < -0.3 is 9.26 Å². The summed E-state index contributed by atoms with van der Waals surface area (Å²) in [6.45, 7) is 10.4. The molecule has 2 aromatic rings. The van der Waals surface area contributed by atoms with E-state index in [0.29, 0.717) is 12.0 Å². The number of nitrogens with zero attached hydrogens (tertiary/aromatic N) is 2. The molecule has 0 spiro atoms. The first kappa shape index (κ1) is 17.0. The fraction of sp³-hybridized carbons (Fsp3) is 0.550. The molecule has 0 saturated carbocycles. The molecule has 1 unspecified atom stereocenters. The molecule has 0 aliphatic carbocycles. The molecule has 1 fully saturated rings. The van der Waals surface area contributed by atoms with Crippen LogP contribution in [-0.4, -0.2) is 22.7 Å². The van der Waals surface area contributed by atoms with Crippen LogP contribution in [0.2, 0.25) is 0 Å². The summed E-state index contributed by atoms with van der Waals surface area (Å²) in [7, 11) is 0. The maximum atomic E-state index is 5.97. The summed E-state index contributed by atoms with van der Waals surface area (Å²) >= 11 is 0. The number of benzene rings is 1. The van der Waals surface area contributed by atoms with E-state index in [0.717, 1.165) is 36.7 Å². The average molecular weight is 328 g/mol. The fourth-order valence-electron chi connectivity index (χ4n) is 3.31. The highest BCUT2D eigenvalue weighted by molar-refractivity contribution is 5.33. The van der Waals surface area contributed by atoms with Gasteiger partial charge in [0.1, 0.15) is 17.2 Å². The fourth-order valence-corrected chi connectivity index (χ4v) is 3.31. The summed E-state index contributed by atoms with van der Waals surface area (Å²) in [5, 5.41) is 4.33. The van der Waals surface area contributed by atoms with Gasteiger partial charge in [0.05, 0.1) is 12.1 Å². The number of para-hydroxylation sites is 1. The Morgan fingerprint density at radius 2 is 2.04 bits per heavy atom. The molecule has 24 heavy (non-hydrogen) atoms. The van der Waals surface area contributed by atoms with Crippen molar-refractivity contribution in [3.8, 4) is 5.75 Å². The Bertz CT molecular complexity index is 663. The third kappa shape index (κ3) is 3.81. The van der Waals surface area contributed by atoms with Gasteiger partial charge in [-0.2, -0.15) is 0 Å². The molecule has 0 N–H and O–H groups in total. The Morgan fingerprint density at radius 3 is 2.75 bits per heavy atom. The molecule has 0 radical (unpaired) electrons. The van der Waals surface area contributed by atoms with Crippen LogP contribution < -0.4 is 4.74 Å². The van der Waals surface area contributed by atoms with Crippen molar-refractivity contribution in [3.63, 3.8) is 0 Å². The molecule has 1 aliphatic rings. The van der Waals surface area contributed by atoms with E-state index in [1.165, 1.54) is 12.0 Å². The van der Waals surface area contributed by atoms with Crippen LogP contribution in [0.3, 0.4) is 0 Å². The van der Waals surface area contributed by atoms with Crippen LogP contribution in [0, 0.1) is 0 Å². The lowest BCUT2D eigenvalue weighted by Gasteiger charge is -2.24. The predicted molar refractivity (Wildman–Crippen MR) is 95.2 cm³/mol. The summed E-state index contributed by atoms with van der Waals surface area (Å²) < 4.78 is 11.5. The third-order valence-electron chi connectivity index (χ3n) is 4.53. The molecule has 4 nitrogen and oxygen atoms in total. The highest BCUT2D eigenvalue weighted by Gasteiger charge is 2.29. The average Bonchev–Trinajstić information content (AvgIpc) is 3.17. The van der Waals surface area contributed by atoms with Gasteiger partial charge >= 0.3 is 0 Å². The van der Waals surface area contributed by atoms with Gasteiger partial charge in [-0.25, -0.2) is 0 Å². The van der Waals surface area contributed by atoms with Crippen molar-refractivity contribution >= 4 is 0 Å². The Morgan fingerprint density at radius 1 is 1.25 bits per heavy atom. The number of ether oxygens (including phenoxy) is 1. The van der Waals surface area contributed by atoms with Crippen molar-refractivity contribution in [1.82, 2.24) is 10.1 Å². The van der Waals surface area contributed by atoms with Crippen LogP contribution in [0.15, 0.2) is 34.9 Å². The van der Waals surface area contributed by atoms with E-state index in [4.69, 9.17) is 9.26 Å². The van der Waals surface area contributed by atoms with Crippen LogP contribution in [-0.2, 0) is 6.54 Å². The summed E-state index contributed by atoms with van der Waals surface area (Å²) in [6.07, 6.45) is 2.52. The second-order valence-corrected chi connectivity index (χ2v) is 7.21. The van der Waals surface area contributed by atoms with E-state index in [-0.39, 0.29) is 6.10 Å². The third-order valence-corrected chi connectivity index (χ3v) is 4.53. The number of rotatable bonds is 6. The lowest BCUT2D eigenvalue weighted by atomic mass is 10.1. The highest BCUT2D eigenvalue weighted by atomic mass is 16.5. The first-order chi connectivity index (χ1) is 11.5. The lowest BCUT2D eigenvalue weighted by molar-refractivity contribution is 0.216. The van der Waals surface area contributed by atoms with Gasteiger partial charge in [-0.3, -0.25) is 4.90 Å². The van der Waals surface area contributed by atoms with Crippen LogP contribution in [0.25, 0.3) is 0 Å². The Hall–Kier alpha value is -1.81. The van der Waals surface area contributed by atoms with Crippen LogP contribution in [0.1, 0.15) is 69.5 Å². The SMILES string of the molecule is CC(C)Oc1ccccc1CN1CCCC1c1cc(C(C)C)on1. The van der Waals surface area contributed by atoms with Gasteiger partial charge in [0.2, 0.25) is 0 Å². The Balaban J connectivity index is 1.76. The molecule has 1 atom stereocenters. The van der Waals surface area contributed by atoms with Gasteiger partial charge in [-0.05, 0) is 39.3 Å². The minimum Gasteiger partial charge on any atom is -0.491 e. The molecule has 130 valence electrons. The molecule has 1 aliphatic heterocycles. The van der Waals surface area contributed by atoms with Gasteiger partial charge in [0.15, 0.2) is 0 Å². The Kier molecular flexibility index (Phi) is 5.24. The van der Waals surface area contributed by atoms with Crippen molar-refractivity contribution < 1.29 is 9.26 Å². The van der Waals surface area contributed by atoms with Gasteiger partial charge in [-0.1, -0.05) is 37.2 Å². The zero-order valence-corrected chi connectivity index (χ0v) is 15.2. The minimum atomic E-state index is 0.185. The first-order valence-electron chi connectivity index (χ1n) is 8.99. The molecule has 1 saturated heterocycles. The van der Waals surface area contributed by atoms with E-state index < -0.39 is 0 Å². The Labute approximate surface area is 144 Å². The standard InChI is InChI=1S/C20H28N2O2/c1-14(2)20-12-17(21-24-20)18-9-7-11-22(18)13-16-8-5-6-10-19(16)23-15(3)4/h5-6,8,10,12,14-15,18H,7,9,11,13H2,1-4H3. The maximum absolute atomic E-state index is 5.97. The number of aromatic nitrogens is 1. The number of likely N-dealkylation sites (tertiary alicyclic amines) is 1. The quantitative estimate of drug-likeness (QED) is 0.754. The van der Waals surface area contributed by atoms with Crippen molar-refractivity contribution in [2.45, 2.75) is 65.1 Å². The van der Waals surface area contributed by atoms with Crippen LogP contribution in [0.4, 0.5) is 0 Å². The van der Waals surface area contributed by atoms with Crippen molar-refractivity contribution in [3.05, 3.63) is 47.3 Å². The smallest absolute Gasteiger partial charge is 0.139 e. The number of hydrogen-bond acceptors (Lipinski definition) is 4. The van der Waals surface area contributed by atoms with E-state index in [1.807, 2.05) is 6.07 Å². The molecule has 1 aromatic heterocycles. The molecule has 0 amide bonds. The molecular weight excluding hydrogens is 300 g/mol. The maximum Gasteiger partial charge on any atom is 0.139 e. The van der Waals surface area contributed by atoms with E-state index in [9.17, 15) is 0 Å². The van der Waals surface area contributed by atoms with Crippen LogP contribution >= 0.6 is 0 Å². The summed E-state index contributed by atoms with van der Waals surface area (Å²) in [4.78, 5) is 2.49. The zero-order chi connectivity index (χ0) is 17.1. The minimum absolute atomic E-state index is 0.185. The first-order valence-corrected chi connectivity index (χ1v) is 8.99. The van der Waals surface area contributed by atoms with Gasteiger partial charge in [0, 0.05) is 24.1 Å². The number of hydrogen-bond donors (Lipinski definition) is 0. The predicted octanol–water partition coefficient (Wildman–Crippen LogP) is 4.92.